The summed E-state index contributed by atoms with van der Waals surface area (Å²) in [5, 5.41) is 3.16. The average molecular weight is 361 g/mol. The van der Waals surface area contributed by atoms with Gasteiger partial charge in [0.05, 0.1) is 0 Å². The molecule has 0 radical (unpaired) electrons. The van der Waals surface area contributed by atoms with E-state index >= 15 is 0 Å². The molecule has 0 aliphatic rings. The summed E-state index contributed by atoms with van der Waals surface area (Å²) in [6, 6.07) is 10.8. The quantitative estimate of drug-likeness (QED) is 0.758. The predicted octanol–water partition coefficient (Wildman–Crippen LogP) is 4.18. The summed E-state index contributed by atoms with van der Waals surface area (Å²) in [6.45, 7) is 3.50. The number of hydrogen-bond donors (Lipinski definition) is 1. The van der Waals surface area contributed by atoms with Crippen LogP contribution in [0.1, 0.15) is 28.5 Å². The molecule has 0 bridgehead atoms. The highest BCUT2D eigenvalue weighted by atomic mass is 19.4. The maximum absolute atomic E-state index is 13.4. The molecule has 1 aromatic carbocycles. The Kier molecular flexibility index (Phi) is 4.71. The molecule has 1 amide bonds. The zero-order chi connectivity index (χ0) is 18.9. The van der Waals surface area contributed by atoms with Gasteiger partial charge in [-0.2, -0.15) is 13.2 Å². The van der Waals surface area contributed by atoms with Crippen LogP contribution >= 0.6 is 0 Å². The molecule has 3 rings (SSSR count). The van der Waals surface area contributed by atoms with Crippen LogP contribution in [0.15, 0.2) is 48.7 Å². The Morgan fingerprint density at radius 2 is 2.00 bits per heavy atom. The molecule has 0 unspecified atom stereocenters. The lowest BCUT2D eigenvalue weighted by Crippen LogP contribution is -2.36. The predicted molar refractivity (Wildman–Crippen MR) is 92.8 cm³/mol. The van der Waals surface area contributed by atoms with Gasteiger partial charge in [-0.05, 0) is 44.2 Å². The molecule has 0 saturated heterocycles. The molecular formula is C19H18F3N3O. The summed E-state index contributed by atoms with van der Waals surface area (Å²) < 4.78 is 41.2. The number of nitrogens with zero attached hydrogens (tertiary/aromatic N) is 2. The van der Waals surface area contributed by atoms with Crippen molar-refractivity contribution in [2.24, 2.45) is 0 Å². The van der Waals surface area contributed by atoms with Crippen LogP contribution in [0.5, 0.6) is 0 Å². The molecule has 136 valence electrons. The van der Waals surface area contributed by atoms with Gasteiger partial charge < -0.3 is 9.88 Å². The van der Waals surface area contributed by atoms with Crippen LogP contribution in [0.25, 0.3) is 11.0 Å². The number of benzene rings is 1. The number of amides is 1. The second kappa shape index (κ2) is 6.82. The fraction of sp³-hybridized carbons (Fsp3) is 0.263. The number of hydrogen-bond acceptors (Lipinski definition) is 2. The second-order valence-corrected chi connectivity index (χ2v) is 6.30. The molecule has 7 heteroatoms. The third kappa shape index (κ3) is 3.71. The van der Waals surface area contributed by atoms with Gasteiger partial charge in [-0.25, -0.2) is 4.98 Å². The Labute approximate surface area is 148 Å². The Balaban J connectivity index is 1.85. The van der Waals surface area contributed by atoms with Gasteiger partial charge in [0.15, 0.2) is 0 Å². The Morgan fingerprint density at radius 1 is 1.23 bits per heavy atom. The van der Waals surface area contributed by atoms with E-state index in [1.165, 1.54) is 6.20 Å². The first-order valence-electron chi connectivity index (χ1n) is 8.14. The molecule has 0 fully saturated rings. The second-order valence-electron chi connectivity index (χ2n) is 6.30. The number of aryl methyl sites for hydroxylation is 1. The van der Waals surface area contributed by atoms with Crippen LogP contribution < -0.4 is 5.32 Å². The number of carbonyl (C=O) groups excluding carboxylic acids is 1. The molecule has 0 spiro atoms. The average Bonchev–Trinajstić information content (AvgIpc) is 2.94. The van der Waals surface area contributed by atoms with Crippen LogP contribution in [-0.4, -0.2) is 21.5 Å². The monoisotopic (exact) mass is 361 g/mol. The number of aromatic nitrogens is 2. The first kappa shape index (κ1) is 18.0. The molecule has 0 saturated carbocycles. The third-order valence-corrected chi connectivity index (χ3v) is 4.06. The van der Waals surface area contributed by atoms with E-state index in [2.05, 4.69) is 10.3 Å². The standard InChI is InChI=1S/C19H18F3N3O/c1-12-5-3-6-15(9-12)18(26)24-13(2)11-25-16(19(20,21)22)10-14-7-4-8-23-17(14)25/h3-10,13H,11H2,1-2H3,(H,24,26)/t13-/m1/s1. The minimum absolute atomic E-state index is 0.0348. The molecule has 2 aromatic heterocycles. The molecule has 26 heavy (non-hydrogen) atoms. The zero-order valence-electron chi connectivity index (χ0n) is 14.3. The van der Waals surface area contributed by atoms with Gasteiger partial charge in [0.25, 0.3) is 5.91 Å². The smallest absolute Gasteiger partial charge is 0.348 e. The number of alkyl halides is 3. The van der Waals surface area contributed by atoms with Gasteiger partial charge in [0.2, 0.25) is 0 Å². The normalized spacial score (nSPS) is 13.0. The van der Waals surface area contributed by atoms with E-state index in [9.17, 15) is 18.0 Å². The summed E-state index contributed by atoms with van der Waals surface area (Å²) in [5.41, 5.74) is 0.882. The van der Waals surface area contributed by atoms with Gasteiger partial charge in [0.1, 0.15) is 11.3 Å². The highest BCUT2D eigenvalue weighted by Gasteiger charge is 2.36. The van der Waals surface area contributed by atoms with Gasteiger partial charge in [-0.3, -0.25) is 4.79 Å². The van der Waals surface area contributed by atoms with E-state index in [4.69, 9.17) is 0 Å². The lowest BCUT2D eigenvalue weighted by atomic mass is 10.1. The summed E-state index contributed by atoms with van der Waals surface area (Å²) >= 11 is 0. The van der Waals surface area contributed by atoms with Crippen LogP contribution in [0.4, 0.5) is 13.2 Å². The van der Waals surface area contributed by atoms with Crippen LogP contribution in [0, 0.1) is 6.92 Å². The topological polar surface area (TPSA) is 46.9 Å². The maximum Gasteiger partial charge on any atom is 0.431 e. The van der Waals surface area contributed by atoms with Crippen LogP contribution in [0.2, 0.25) is 0 Å². The van der Waals surface area contributed by atoms with E-state index in [-0.39, 0.29) is 18.1 Å². The Morgan fingerprint density at radius 3 is 2.69 bits per heavy atom. The van der Waals surface area contributed by atoms with Crippen molar-refractivity contribution in [1.29, 1.82) is 0 Å². The van der Waals surface area contributed by atoms with Crippen molar-refractivity contribution < 1.29 is 18.0 Å². The number of rotatable bonds is 4. The fourth-order valence-corrected chi connectivity index (χ4v) is 2.92. The van der Waals surface area contributed by atoms with Gasteiger partial charge in [-0.1, -0.05) is 17.7 Å². The molecule has 1 atom stereocenters. The van der Waals surface area contributed by atoms with Crippen molar-refractivity contribution in [3.8, 4) is 0 Å². The van der Waals surface area contributed by atoms with Crippen LogP contribution in [0.3, 0.4) is 0 Å². The van der Waals surface area contributed by atoms with Crippen molar-refractivity contribution in [2.45, 2.75) is 32.6 Å². The van der Waals surface area contributed by atoms with E-state index in [1.54, 1.807) is 37.3 Å². The first-order chi connectivity index (χ1) is 12.3. The van der Waals surface area contributed by atoms with Crippen molar-refractivity contribution in [3.63, 3.8) is 0 Å². The van der Waals surface area contributed by atoms with Crippen LogP contribution in [-0.2, 0) is 12.7 Å². The van der Waals surface area contributed by atoms with E-state index in [0.29, 0.717) is 10.9 Å². The number of halogens is 3. The molecule has 2 heterocycles. The molecule has 3 aromatic rings. The highest BCUT2D eigenvalue weighted by Crippen LogP contribution is 2.33. The number of carbonyl (C=O) groups is 1. The minimum Gasteiger partial charge on any atom is -0.348 e. The zero-order valence-corrected chi connectivity index (χ0v) is 14.3. The van der Waals surface area contributed by atoms with Gasteiger partial charge >= 0.3 is 6.18 Å². The van der Waals surface area contributed by atoms with Crippen molar-refractivity contribution in [2.75, 3.05) is 0 Å². The fourth-order valence-electron chi connectivity index (χ4n) is 2.92. The molecule has 0 aliphatic heterocycles. The van der Waals surface area contributed by atoms with Crippen molar-refractivity contribution in [1.82, 2.24) is 14.9 Å². The van der Waals surface area contributed by atoms with E-state index in [1.807, 2.05) is 13.0 Å². The van der Waals surface area contributed by atoms with Gasteiger partial charge in [0, 0.05) is 29.7 Å². The minimum atomic E-state index is -4.50. The Hall–Kier alpha value is -2.83. The lowest BCUT2D eigenvalue weighted by molar-refractivity contribution is -0.143. The summed E-state index contributed by atoms with van der Waals surface area (Å²) in [7, 11) is 0. The van der Waals surface area contributed by atoms with E-state index in [0.717, 1.165) is 16.2 Å². The maximum atomic E-state index is 13.4. The summed E-state index contributed by atoms with van der Waals surface area (Å²) in [5.74, 6) is -0.320. The Bertz CT molecular complexity index is 947. The summed E-state index contributed by atoms with van der Waals surface area (Å²) in [4.78, 5) is 16.4. The van der Waals surface area contributed by atoms with Gasteiger partial charge in [-0.15, -0.1) is 0 Å². The first-order valence-corrected chi connectivity index (χ1v) is 8.14. The molecular weight excluding hydrogens is 343 g/mol. The SMILES string of the molecule is Cc1cccc(C(=O)N[C@H](C)Cn2c(C(F)(F)F)cc3cccnc32)c1. The number of fused-ring (bicyclic) bond motifs is 1. The molecule has 4 nitrogen and oxygen atoms in total. The van der Waals surface area contributed by atoms with Crippen molar-refractivity contribution >= 4 is 16.9 Å². The molecule has 0 aliphatic carbocycles. The van der Waals surface area contributed by atoms with Crippen molar-refractivity contribution in [3.05, 3.63) is 65.5 Å². The third-order valence-electron chi connectivity index (χ3n) is 4.06. The van der Waals surface area contributed by atoms with E-state index < -0.39 is 17.9 Å². The molecule has 1 N–H and O–H groups in total. The summed E-state index contributed by atoms with van der Waals surface area (Å²) in [6.07, 6.45) is -3.05. The number of pyridine rings is 1. The number of nitrogens with one attached hydrogen (secondary N) is 1. The largest absolute Gasteiger partial charge is 0.431 e. The highest BCUT2D eigenvalue weighted by molar-refractivity contribution is 5.94. The lowest BCUT2D eigenvalue weighted by Gasteiger charge is -2.18.